The fraction of sp³-hybridized carbons (Fsp3) is 1.00. The molecular formula is C15H30N2S. The fourth-order valence-corrected chi connectivity index (χ4v) is 4.32. The first-order valence-corrected chi connectivity index (χ1v) is 9.03. The van der Waals surface area contributed by atoms with Crippen LogP contribution in [0, 0.1) is 5.41 Å². The summed E-state index contributed by atoms with van der Waals surface area (Å²) in [6.07, 6.45) is 10.6. The van der Waals surface area contributed by atoms with Crippen molar-refractivity contribution in [2.75, 3.05) is 39.0 Å². The lowest BCUT2D eigenvalue weighted by molar-refractivity contribution is 0.114. The molecule has 0 bridgehead atoms. The van der Waals surface area contributed by atoms with Crippen LogP contribution in [-0.2, 0) is 0 Å². The molecule has 0 spiro atoms. The third kappa shape index (κ3) is 3.88. The molecule has 2 nitrogen and oxygen atoms in total. The monoisotopic (exact) mass is 270 g/mol. The first-order valence-electron chi connectivity index (χ1n) is 7.74. The van der Waals surface area contributed by atoms with Gasteiger partial charge in [0.15, 0.2) is 0 Å². The smallest absolute Gasteiger partial charge is 0.00569 e. The van der Waals surface area contributed by atoms with E-state index in [1.54, 1.807) is 0 Å². The van der Waals surface area contributed by atoms with Crippen LogP contribution in [0.5, 0.6) is 0 Å². The van der Waals surface area contributed by atoms with E-state index in [-0.39, 0.29) is 0 Å². The van der Waals surface area contributed by atoms with E-state index in [0.29, 0.717) is 5.41 Å². The normalized spacial score (nSPS) is 35.3. The molecule has 2 unspecified atom stereocenters. The van der Waals surface area contributed by atoms with Gasteiger partial charge >= 0.3 is 0 Å². The molecule has 2 saturated heterocycles. The zero-order valence-electron chi connectivity index (χ0n) is 12.2. The summed E-state index contributed by atoms with van der Waals surface area (Å²) in [5, 5.41) is 4.53. The molecule has 0 amide bonds. The van der Waals surface area contributed by atoms with Crippen LogP contribution >= 0.6 is 11.8 Å². The zero-order chi connectivity index (χ0) is 12.8. The Hall–Kier alpha value is 0.270. The number of nitrogens with one attached hydrogen (secondary N) is 1. The number of thioether (sulfide) groups is 1. The van der Waals surface area contributed by atoms with Crippen LogP contribution < -0.4 is 5.32 Å². The van der Waals surface area contributed by atoms with Gasteiger partial charge in [-0.2, -0.15) is 11.8 Å². The summed E-state index contributed by atoms with van der Waals surface area (Å²) < 4.78 is 0. The first-order chi connectivity index (χ1) is 8.78. The molecule has 0 radical (unpaired) electrons. The number of hydrogen-bond donors (Lipinski definition) is 1. The van der Waals surface area contributed by atoms with Crippen molar-refractivity contribution in [3.8, 4) is 0 Å². The van der Waals surface area contributed by atoms with Crippen LogP contribution in [-0.4, -0.2) is 49.1 Å². The first kappa shape index (κ1) is 14.7. The zero-order valence-corrected chi connectivity index (χ0v) is 13.0. The van der Waals surface area contributed by atoms with E-state index in [9.17, 15) is 0 Å². The van der Waals surface area contributed by atoms with Crippen molar-refractivity contribution >= 4 is 11.8 Å². The highest BCUT2D eigenvalue weighted by molar-refractivity contribution is 7.99. The van der Waals surface area contributed by atoms with Gasteiger partial charge < -0.3 is 10.2 Å². The Morgan fingerprint density at radius 1 is 1.28 bits per heavy atom. The maximum atomic E-state index is 3.62. The van der Waals surface area contributed by atoms with Crippen LogP contribution in [0.1, 0.15) is 45.4 Å². The summed E-state index contributed by atoms with van der Waals surface area (Å²) in [5.74, 6) is 0. The van der Waals surface area contributed by atoms with Gasteiger partial charge in [0.05, 0.1) is 0 Å². The van der Waals surface area contributed by atoms with E-state index in [2.05, 4.69) is 35.2 Å². The van der Waals surface area contributed by atoms with E-state index in [1.807, 2.05) is 0 Å². The maximum absolute atomic E-state index is 3.62. The lowest BCUT2D eigenvalue weighted by Gasteiger charge is -2.40. The van der Waals surface area contributed by atoms with Gasteiger partial charge in [0, 0.05) is 18.3 Å². The van der Waals surface area contributed by atoms with Crippen LogP contribution in [0.25, 0.3) is 0 Å². The van der Waals surface area contributed by atoms with Crippen molar-refractivity contribution in [2.24, 2.45) is 5.41 Å². The van der Waals surface area contributed by atoms with Gasteiger partial charge in [-0.15, -0.1) is 0 Å². The predicted octanol–water partition coefficient (Wildman–Crippen LogP) is 2.98. The van der Waals surface area contributed by atoms with E-state index in [1.165, 1.54) is 71.2 Å². The molecule has 0 aromatic rings. The number of likely N-dealkylation sites (tertiary alicyclic amines) is 1. The summed E-state index contributed by atoms with van der Waals surface area (Å²) >= 11 is 2.07. The van der Waals surface area contributed by atoms with Crippen molar-refractivity contribution in [1.82, 2.24) is 10.2 Å². The van der Waals surface area contributed by atoms with Crippen LogP contribution in [0.15, 0.2) is 0 Å². The second-order valence-electron chi connectivity index (χ2n) is 6.20. The third-order valence-corrected chi connectivity index (χ3v) is 6.11. The Morgan fingerprint density at radius 2 is 2.17 bits per heavy atom. The van der Waals surface area contributed by atoms with Gasteiger partial charge in [-0.3, -0.25) is 0 Å². The van der Waals surface area contributed by atoms with E-state index >= 15 is 0 Å². The molecule has 106 valence electrons. The number of rotatable bonds is 4. The molecule has 18 heavy (non-hydrogen) atoms. The molecule has 2 fully saturated rings. The number of piperidine rings is 1. The number of hydrogen-bond acceptors (Lipinski definition) is 3. The van der Waals surface area contributed by atoms with E-state index in [0.717, 1.165) is 5.25 Å². The minimum atomic E-state index is 0.567. The van der Waals surface area contributed by atoms with Crippen LogP contribution in [0.3, 0.4) is 0 Å². The predicted molar refractivity (Wildman–Crippen MR) is 82.4 cm³/mol. The lowest BCUT2D eigenvalue weighted by atomic mass is 9.78. The average Bonchev–Trinajstić information content (AvgIpc) is 2.65. The Balaban J connectivity index is 1.87. The summed E-state index contributed by atoms with van der Waals surface area (Å²) in [6.45, 7) is 8.85. The lowest BCUT2D eigenvalue weighted by Crippen LogP contribution is -2.47. The van der Waals surface area contributed by atoms with E-state index in [4.69, 9.17) is 0 Å². The highest BCUT2D eigenvalue weighted by Gasteiger charge is 2.32. The van der Waals surface area contributed by atoms with E-state index < -0.39 is 0 Å². The molecular weight excluding hydrogens is 240 g/mol. The average molecular weight is 270 g/mol. The van der Waals surface area contributed by atoms with Gasteiger partial charge in [0.2, 0.25) is 0 Å². The molecule has 2 aliphatic heterocycles. The highest BCUT2D eigenvalue weighted by Crippen LogP contribution is 2.32. The summed E-state index contributed by atoms with van der Waals surface area (Å²) in [4.78, 5) is 2.76. The van der Waals surface area contributed by atoms with Crippen molar-refractivity contribution in [3.05, 3.63) is 0 Å². The number of nitrogens with zero attached hydrogens (tertiary/aromatic N) is 1. The summed E-state index contributed by atoms with van der Waals surface area (Å²) in [7, 11) is 0. The Labute approximate surface area is 117 Å². The second-order valence-corrected chi connectivity index (χ2v) is 7.34. The van der Waals surface area contributed by atoms with Crippen LogP contribution in [0.4, 0.5) is 0 Å². The van der Waals surface area contributed by atoms with Gasteiger partial charge in [-0.05, 0) is 69.8 Å². The molecule has 0 saturated carbocycles. The fourth-order valence-electron chi connectivity index (χ4n) is 3.57. The molecule has 2 rings (SSSR count). The minimum absolute atomic E-state index is 0.567. The minimum Gasteiger partial charge on any atom is -0.316 e. The Bertz CT molecular complexity index is 239. The molecule has 1 N–H and O–H groups in total. The van der Waals surface area contributed by atoms with Gasteiger partial charge in [-0.1, -0.05) is 6.92 Å². The van der Waals surface area contributed by atoms with Crippen LogP contribution in [0.2, 0.25) is 0 Å². The summed E-state index contributed by atoms with van der Waals surface area (Å²) in [5.41, 5.74) is 0.567. The molecule has 0 aromatic heterocycles. The topological polar surface area (TPSA) is 15.3 Å². The Morgan fingerprint density at radius 3 is 2.83 bits per heavy atom. The molecule has 0 aromatic carbocycles. The molecule has 2 atom stereocenters. The molecule has 2 aliphatic rings. The maximum Gasteiger partial charge on any atom is 0.00569 e. The van der Waals surface area contributed by atoms with Crippen molar-refractivity contribution in [2.45, 2.75) is 50.7 Å². The second kappa shape index (κ2) is 7.16. The largest absolute Gasteiger partial charge is 0.316 e. The SMILES string of the molecule is CCC1(CN2CCCC(SC)CC2)CCCNC1. The molecule has 0 aliphatic carbocycles. The van der Waals surface area contributed by atoms with Gasteiger partial charge in [0.25, 0.3) is 0 Å². The third-order valence-electron chi connectivity index (χ3n) is 4.97. The van der Waals surface area contributed by atoms with Gasteiger partial charge in [0.1, 0.15) is 0 Å². The van der Waals surface area contributed by atoms with Gasteiger partial charge in [-0.25, -0.2) is 0 Å². The summed E-state index contributed by atoms with van der Waals surface area (Å²) in [6, 6.07) is 0. The van der Waals surface area contributed by atoms with Crippen molar-refractivity contribution < 1.29 is 0 Å². The Kier molecular flexibility index (Phi) is 5.84. The van der Waals surface area contributed by atoms with Crippen molar-refractivity contribution in [3.63, 3.8) is 0 Å². The molecule has 2 heterocycles. The standard InChI is InChI=1S/C15H30N2S/c1-3-15(8-5-9-16-12-15)13-17-10-4-6-14(18-2)7-11-17/h14,16H,3-13H2,1-2H3. The molecule has 3 heteroatoms. The highest BCUT2D eigenvalue weighted by atomic mass is 32.2. The quantitative estimate of drug-likeness (QED) is 0.845. The van der Waals surface area contributed by atoms with Crippen molar-refractivity contribution in [1.29, 1.82) is 0 Å².